The van der Waals surface area contributed by atoms with E-state index < -0.39 is 16.1 Å². The second-order valence-corrected chi connectivity index (χ2v) is 11.2. The van der Waals surface area contributed by atoms with Gasteiger partial charge in [0.15, 0.2) is 0 Å². The molecule has 3 rings (SSSR count). The summed E-state index contributed by atoms with van der Waals surface area (Å²) in [6.07, 6.45) is 5.11. The van der Waals surface area contributed by atoms with Crippen molar-refractivity contribution in [1.29, 1.82) is 0 Å². The van der Waals surface area contributed by atoms with Gasteiger partial charge in [-0.05, 0) is 61.7 Å². The van der Waals surface area contributed by atoms with Crippen LogP contribution in [0.25, 0.3) is 0 Å². The summed E-state index contributed by atoms with van der Waals surface area (Å²) in [7, 11) is -3.80. The second-order valence-electron chi connectivity index (χ2n) is 8.45. The van der Waals surface area contributed by atoms with E-state index in [-0.39, 0.29) is 23.0 Å². The Morgan fingerprint density at radius 1 is 1.09 bits per heavy atom. The molecule has 0 aliphatic carbocycles. The summed E-state index contributed by atoms with van der Waals surface area (Å²) in [6.45, 7) is 5.21. The molecule has 9 heteroatoms. The molecule has 0 bridgehead atoms. The van der Waals surface area contributed by atoms with Gasteiger partial charge in [-0.15, -0.1) is 0 Å². The highest BCUT2D eigenvalue weighted by Crippen LogP contribution is 2.33. The van der Waals surface area contributed by atoms with Crippen molar-refractivity contribution in [2.45, 2.75) is 51.7 Å². The fraction of sp³-hybridized carbons (Fsp3) is 0.458. The van der Waals surface area contributed by atoms with Crippen LogP contribution < -0.4 is 9.62 Å². The van der Waals surface area contributed by atoms with Gasteiger partial charge in [0.05, 0.1) is 17.0 Å². The van der Waals surface area contributed by atoms with Gasteiger partial charge in [-0.2, -0.15) is 0 Å². The average Bonchev–Trinajstić information content (AvgIpc) is 2.78. The third-order valence-electron chi connectivity index (χ3n) is 5.79. The van der Waals surface area contributed by atoms with Gasteiger partial charge < -0.3 is 5.32 Å². The summed E-state index contributed by atoms with van der Waals surface area (Å²) in [6, 6.07) is 11.8. The first-order valence-corrected chi connectivity index (χ1v) is 13.8. The lowest BCUT2D eigenvalue weighted by Gasteiger charge is -2.31. The van der Waals surface area contributed by atoms with Crippen molar-refractivity contribution in [3.05, 3.63) is 63.6 Å². The van der Waals surface area contributed by atoms with Crippen molar-refractivity contribution < 1.29 is 13.2 Å². The summed E-state index contributed by atoms with van der Waals surface area (Å²) in [5.74, 6) is -0.389. The maximum atomic E-state index is 13.1. The maximum absolute atomic E-state index is 13.1. The molecule has 1 heterocycles. The zero-order valence-corrected chi connectivity index (χ0v) is 21.4. The molecule has 0 saturated carbocycles. The van der Waals surface area contributed by atoms with Crippen molar-refractivity contribution >= 4 is 44.8 Å². The van der Waals surface area contributed by atoms with E-state index in [1.54, 1.807) is 13.0 Å². The fourth-order valence-corrected chi connectivity index (χ4v) is 5.85. The molecule has 2 aromatic carbocycles. The summed E-state index contributed by atoms with van der Waals surface area (Å²) in [4.78, 5) is 15.6. The Hall–Kier alpha value is -1.80. The third-order valence-corrected chi connectivity index (χ3v) is 7.51. The quantitative estimate of drug-likeness (QED) is 0.522. The number of hydrogen-bond donors (Lipinski definition) is 1. The summed E-state index contributed by atoms with van der Waals surface area (Å²) < 4.78 is 26.4. The number of hydrogen-bond acceptors (Lipinski definition) is 4. The minimum Gasteiger partial charge on any atom is -0.350 e. The van der Waals surface area contributed by atoms with E-state index in [0.29, 0.717) is 11.6 Å². The molecule has 1 atom stereocenters. The first kappa shape index (κ1) is 25.8. The van der Waals surface area contributed by atoms with Gasteiger partial charge in [-0.3, -0.25) is 14.0 Å². The molecule has 0 radical (unpaired) electrons. The Kier molecular flexibility index (Phi) is 9.04. The van der Waals surface area contributed by atoms with Gasteiger partial charge in [0.25, 0.3) is 0 Å². The zero-order valence-electron chi connectivity index (χ0n) is 19.1. The van der Waals surface area contributed by atoms with Crippen LogP contribution in [0.3, 0.4) is 0 Å². The lowest BCUT2D eigenvalue weighted by Crippen LogP contribution is -2.49. The number of likely N-dealkylation sites (tertiary alicyclic amines) is 1. The number of nitrogens with zero attached hydrogens (tertiary/aromatic N) is 2. The van der Waals surface area contributed by atoms with E-state index in [2.05, 4.69) is 22.3 Å². The molecule has 0 unspecified atom stereocenters. The summed E-state index contributed by atoms with van der Waals surface area (Å²) >= 11 is 12.4. The molecular formula is C24H31Cl2N3O3S. The third kappa shape index (κ3) is 7.09. The molecule has 2 aromatic rings. The lowest BCUT2D eigenvalue weighted by atomic mass is 10.1. The molecule has 1 aliphatic rings. The zero-order chi connectivity index (χ0) is 24.0. The minimum atomic E-state index is -3.80. The first-order valence-electron chi connectivity index (χ1n) is 11.2. The van der Waals surface area contributed by atoms with Crippen molar-refractivity contribution in [3.8, 4) is 0 Å². The first-order chi connectivity index (χ1) is 15.7. The number of rotatable bonds is 9. The Morgan fingerprint density at radius 2 is 1.79 bits per heavy atom. The van der Waals surface area contributed by atoms with E-state index in [9.17, 15) is 13.2 Å². The number of carbonyl (C=O) groups excluding carboxylic acids is 1. The predicted octanol–water partition coefficient (Wildman–Crippen LogP) is 4.84. The Morgan fingerprint density at radius 3 is 2.45 bits per heavy atom. The van der Waals surface area contributed by atoms with E-state index in [0.717, 1.165) is 35.8 Å². The van der Waals surface area contributed by atoms with Crippen LogP contribution in [0.5, 0.6) is 0 Å². The van der Waals surface area contributed by atoms with Crippen LogP contribution in [0.1, 0.15) is 43.7 Å². The Balaban J connectivity index is 1.73. The van der Waals surface area contributed by atoms with Gasteiger partial charge in [0.1, 0.15) is 6.04 Å². The normalized spacial score (nSPS) is 15.8. The van der Waals surface area contributed by atoms with Crippen molar-refractivity contribution in [1.82, 2.24) is 10.2 Å². The topological polar surface area (TPSA) is 69.7 Å². The fourth-order valence-electron chi connectivity index (χ4n) is 4.21. The van der Waals surface area contributed by atoms with Crippen molar-refractivity contribution in [3.63, 3.8) is 0 Å². The van der Waals surface area contributed by atoms with Crippen molar-refractivity contribution in [2.24, 2.45) is 0 Å². The van der Waals surface area contributed by atoms with E-state index in [4.69, 9.17) is 23.2 Å². The molecule has 180 valence electrons. The van der Waals surface area contributed by atoms with E-state index in [1.807, 2.05) is 12.1 Å². The van der Waals surface area contributed by atoms with Crippen LogP contribution >= 0.6 is 23.2 Å². The molecule has 1 amide bonds. The number of carbonyl (C=O) groups is 1. The average molecular weight is 513 g/mol. The van der Waals surface area contributed by atoms with Gasteiger partial charge in [0, 0.05) is 18.1 Å². The number of amides is 1. The molecule has 0 spiro atoms. The van der Waals surface area contributed by atoms with Crippen LogP contribution in [-0.4, -0.2) is 44.6 Å². The van der Waals surface area contributed by atoms with Gasteiger partial charge in [-0.25, -0.2) is 8.42 Å². The highest BCUT2D eigenvalue weighted by atomic mass is 35.5. The summed E-state index contributed by atoms with van der Waals surface area (Å²) in [5, 5.41) is 3.45. The van der Waals surface area contributed by atoms with Crippen LogP contribution in [0, 0.1) is 0 Å². The number of halogens is 2. The number of benzene rings is 2. The molecule has 1 fully saturated rings. The minimum absolute atomic E-state index is 0.192. The highest BCUT2D eigenvalue weighted by molar-refractivity contribution is 7.92. The molecule has 1 saturated heterocycles. The molecule has 6 nitrogen and oxygen atoms in total. The second kappa shape index (κ2) is 11.6. The molecule has 1 N–H and O–H groups in total. The van der Waals surface area contributed by atoms with E-state index in [1.165, 1.54) is 37.0 Å². The number of anilines is 1. The molecule has 1 aliphatic heterocycles. The standard InChI is InChI=1S/C24H31Cl2N3O3S/c1-3-22(29(33(2,31)32)23-15-20(25)10-11-21(23)26)24(30)27-16-18-8-7-9-19(14-18)17-28-12-5-4-6-13-28/h7-11,14-15,22H,3-6,12-13,16-17H2,1-2H3,(H,27,30)/t22-/m0/s1. The highest BCUT2D eigenvalue weighted by Gasteiger charge is 2.32. The van der Waals surface area contributed by atoms with Crippen LogP contribution in [0.15, 0.2) is 42.5 Å². The van der Waals surface area contributed by atoms with Crippen LogP contribution in [0.2, 0.25) is 10.0 Å². The Labute approximate surface area is 206 Å². The largest absolute Gasteiger partial charge is 0.350 e. The number of piperidine rings is 1. The number of nitrogens with one attached hydrogen (secondary N) is 1. The van der Waals surface area contributed by atoms with Gasteiger partial charge in [-0.1, -0.05) is 60.8 Å². The van der Waals surface area contributed by atoms with Gasteiger partial charge in [0.2, 0.25) is 15.9 Å². The maximum Gasteiger partial charge on any atom is 0.244 e. The number of sulfonamides is 1. The SMILES string of the molecule is CC[C@@H](C(=O)NCc1cccc(CN2CCCCC2)c1)N(c1cc(Cl)ccc1Cl)S(C)(=O)=O. The smallest absolute Gasteiger partial charge is 0.244 e. The predicted molar refractivity (Wildman–Crippen MR) is 135 cm³/mol. The molecule has 33 heavy (non-hydrogen) atoms. The monoisotopic (exact) mass is 511 g/mol. The van der Waals surface area contributed by atoms with Crippen LogP contribution in [-0.2, 0) is 27.9 Å². The van der Waals surface area contributed by atoms with Gasteiger partial charge >= 0.3 is 0 Å². The lowest BCUT2D eigenvalue weighted by molar-refractivity contribution is -0.122. The molecular weight excluding hydrogens is 481 g/mol. The van der Waals surface area contributed by atoms with Crippen LogP contribution in [0.4, 0.5) is 5.69 Å². The van der Waals surface area contributed by atoms with E-state index >= 15 is 0 Å². The molecule has 0 aromatic heterocycles. The summed E-state index contributed by atoms with van der Waals surface area (Å²) in [5.41, 5.74) is 2.37. The Bertz CT molecular complexity index is 1070. The van der Waals surface area contributed by atoms with Crippen molar-refractivity contribution in [2.75, 3.05) is 23.7 Å².